The van der Waals surface area contributed by atoms with Crippen LogP contribution in [0.2, 0.25) is 0 Å². The fourth-order valence-electron chi connectivity index (χ4n) is 2.14. The lowest BCUT2D eigenvalue weighted by Gasteiger charge is -2.15. The van der Waals surface area contributed by atoms with Crippen molar-refractivity contribution in [3.8, 4) is 0 Å². The Labute approximate surface area is 128 Å². The summed E-state index contributed by atoms with van der Waals surface area (Å²) in [6.07, 6.45) is 0. The van der Waals surface area contributed by atoms with Gasteiger partial charge >= 0.3 is 5.97 Å². The molecule has 22 heavy (non-hydrogen) atoms. The number of benzene rings is 1. The molecular weight excluding hydrogens is 284 g/mol. The van der Waals surface area contributed by atoms with Crippen LogP contribution in [-0.2, 0) is 4.79 Å². The van der Waals surface area contributed by atoms with Gasteiger partial charge in [-0.25, -0.2) is 9.48 Å². The van der Waals surface area contributed by atoms with Crippen molar-refractivity contribution < 1.29 is 14.7 Å². The standard InChI is InChI=1S/C15H18N4O3/c1-8-6-5-7-12(9(8)2)16-14(20)11(4)19-10(3)13(15(21)22)17-18-19/h5-7,11H,1-4H3,(H,16,20)(H,21,22). The van der Waals surface area contributed by atoms with Crippen molar-refractivity contribution in [2.75, 3.05) is 5.32 Å². The van der Waals surface area contributed by atoms with Gasteiger partial charge in [0.1, 0.15) is 6.04 Å². The van der Waals surface area contributed by atoms with Gasteiger partial charge < -0.3 is 10.4 Å². The normalized spacial score (nSPS) is 12.0. The molecule has 1 atom stereocenters. The van der Waals surface area contributed by atoms with Crippen molar-refractivity contribution in [1.29, 1.82) is 0 Å². The molecule has 0 spiro atoms. The quantitative estimate of drug-likeness (QED) is 0.901. The predicted octanol–water partition coefficient (Wildman–Crippen LogP) is 2.10. The van der Waals surface area contributed by atoms with Gasteiger partial charge in [-0.15, -0.1) is 5.10 Å². The van der Waals surface area contributed by atoms with Gasteiger partial charge in [0.15, 0.2) is 5.69 Å². The maximum Gasteiger partial charge on any atom is 0.358 e. The highest BCUT2D eigenvalue weighted by atomic mass is 16.4. The molecule has 0 bridgehead atoms. The fraction of sp³-hybridized carbons (Fsp3) is 0.333. The second kappa shape index (κ2) is 5.97. The molecule has 116 valence electrons. The number of nitrogens with one attached hydrogen (secondary N) is 1. The fourth-order valence-corrected chi connectivity index (χ4v) is 2.14. The van der Waals surface area contributed by atoms with Crippen LogP contribution in [0.3, 0.4) is 0 Å². The van der Waals surface area contributed by atoms with Gasteiger partial charge in [-0.2, -0.15) is 0 Å². The van der Waals surface area contributed by atoms with Gasteiger partial charge in [0.25, 0.3) is 0 Å². The molecule has 0 saturated carbocycles. The van der Waals surface area contributed by atoms with Crippen molar-refractivity contribution >= 4 is 17.6 Å². The summed E-state index contributed by atoms with van der Waals surface area (Å²) >= 11 is 0. The molecule has 7 nitrogen and oxygen atoms in total. The summed E-state index contributed by atoms with van der Waals surface area (Å²) in [5.41, 5.74) is 3.00. The first-order chi connectivity index (χ1) is 10.3. The van der Waals surface area contributed by atoms with Crippen LogP contribution in [0, 0.1) is 20.8 Å². The van der Waals surface area contributed by atoms with E-state index in [0.29, 0.717) is 5.69 Å². The zero-order chi connectivity index (χ0) is 16.4. The minimum absolute atomic E-state index is 0.147. The molecule has 2 aromatic rings. The first kappa shape index (κ1) is 15.7. The molecule has 1 amide bonds. The Kier molecular flexibility index (Phi) is 4.25. The zero-order valence-corrected chi connectivity index (χ0v) is 12.9. The third-order valence-corrected chi connectivity index (χ3v) is 3.74. The lowest BCUT2D eigenvalue weighted by molar-refractivity contribution is -0.119. The van der Waals surface area contributed by atoms with E-state index in [1.54, 1.807) is 13.8 Å². The molecule has 2 rings (SSSR count). The third-order valence-electron chi connectivity index (χ3n) is 3.74. The number of carbonyl (C=O) groups is 2. The van der Waals surface area contributed by atoms with E-state index in [4.69, 9.17) is 5.11 Å². The number of hydrogen-bond donors (Lipinski definition) is 2. The SMILES string of the molecule is Cc1cccc(NC(=O)C(C)n2nnc(C(=O)O)c2C)c1C. The molecule has 0 fully saturated rings. The third kappa shape index (κ3) is 2.83. The summed E-state index contributed by atoms with van der Waals surface area (Å²) in [6, 6.07) is 4.99. The Morgan fingerprint density at radius 1 is 1.27 bits per heavy atom. The maximum absolute atomic E-state index is 12.4. The first-order valence-corrected chi connectivity index (χ1v) is 6.85. The van der Waals surface area contributed by atoms with Crippen molar-refractivity contribution in [3.05, 3.63) is 40.7 Å². The molecule has 0 aliphatic heterocycles. The number of carboxylic acids is 1. The Balaban J connectivity index is 2.23. The highest BCUT2D eigenvalue weighted by Gasteiger charge is 2.23. The summed E-state index contributed by atoms with van der Waals surface area (Å²) in [4.78, 5) is 23.3. The molecular formula is C15H18N4O3. The van der Waals surface area contributed by atoms with Crippen LogP contribution in [0.1, 0.15) is 40.3 Å². The largest absolute Gasteiger partial charge is 0.476 e. The van der Waals surface area contributed by atoms with Gasteiger partial charge in [-0.3, -0.25) is 4.79 Å². The first-order valence-electron chi connectivity index (χ1n) is 6.85. The number of hydrogen-bond acceptors (Lipinski definition) is 4. The Morgan fingerprint density at radius 3 is 2.55 bits per heavy atom. The number of rotatable bonds is 4. The van der Waals surface area contributed by atoms with Gasteiger partial charge in [-0.1, -0.05) is 17.3 Å². The number of aryl methyl sites for hydroxylation is 1. The number of aromatic nitrogens is 3. The number of nitrogens with zero attached hydrogens (tertiary/aromatic N) is 3. The molecule has 0 radical (unpaired) electrons. The van der Waals surface area contributed by atoms with E-state index in [1.807, 2.05) is 32.0 Å². The topological polar surface area (TPSA) is 97.1 Å². The smallest absolute Gasteiger partial charge is 0.358 e. The second-order valence-electron chi connectivity index (χ2n) is 5.19. The van der Waals surface area contributed by atoms with E-state index in [1.165, 1.54) is 4.68 Å². The highest BCUT2D eigenvalue weighted by molar-refractivity contribution is 5.94. The molecule has 1 unspecified atom stereocenters. The van der Waals surface area contributed by atoms with Crippen molar-refractivity contribution in [3.63, 3.8) is 0 Å². The molecule has 1 aromatic carbocycles. The Hall–Kier alpha value is -2.70. The second-order valence-corrected chi connectivity index (χ2v) is 5.19. The number of amides is 1. The lowest BCUT2D eigenvalue weighted by atomic mass is 10.1. The van der Waals surface area contributed by atoms with Crippen LogP contribution in [0.15, 0.2) is 18.2 Å². The molecule has 0 aliphatic rings. The zero-order valence-electron chi connectivity index (χ0n) is 12.9. The minimum atomic E-state index is -1.16. The number of aromatic carboxylic acids is 1. The molecule has 2 N–H and O–H groups in total. The van der Waals surface area contributed by atoms with Crippen molar-refractivity contribution in [2.45, 2.75) is 33.7 Å². The summed E-state index contributed by atoms with van der Waals surface area (Å²) in [5.74, 6) is -1.44. The lowest BCUT2D eigenvalue weighted by Crippen LogP contribution is -2.25. The maximum atomic E-state index is 12.4. The number of anilines is 1. The van der Waals surface area contributed by atoms with Crippen LogP contribution in [0.4, 0.5) is 5.69 Å². The molecule has 0 saturated heterocycles. The van der Waals surface area contributed by atoms with Crippen LogP contribution in [0.5, 0.6) is 0 Å². The van der Waals surface area contributed by atoms with E-state index >= 15 is 0 Å². The van der Waals surface area contributed by atoms with Gasteiger partial charge in [0.05, 0.1) is 5.69 Å². The average molecular weight is 302 g/mol. The summed E-state index contributed by atoms with van der Waals surface area (Å²) < 4.78 is 1.31. The van der Waals surface area contributed by atoms with E-state index < -0.39 is 12.0 Å². The average Bonchev–Trinajstić information content (AvgIpc) is 2.85. The highest BCUT2D eigenvalue weighted by Crippen LogP contribution is 2.20. The van der Waals surface area contributed by atoms with Gasteiger partial charge in [0, 0.05) is 5.69 Å². The molecule has 1 heterocycles. The minimum Gasteiger partial charge on any atom is -0.476 e. The van der Waals surface area contributed by atoms with E-state index in [0.717, 1.165) is 16.8 Å². The molecule has 1 aromatic heterocycles. The van der Waals surface area contributed by atoms with E-state index in [2.05, 4.69) is 15.6 Å². The molecule has 7 heteroatoms. The Morgan fingerprint density at radius 2 is 1.95 bits per heavy atom. The van der Waals surface area contributed by atoms with Crippen LogP contribution in [0.25, 0.3) is 0 Å². The van der Waals surface area contributed by atoms with Crippen LogP contribution >= 0.6 is 0 Å². The summed E-state index contributed by atoms with van der Waals surface area (Å²) in [5, 5.41) is 19.2. The monoisotopic (exact) mass is 302 g/mol. The van der Waals surface area contributed by atoms with Crippen LogP contribution < -0.4 is 5.32 Å². The van der Waals surface area contributed by atoms with Crippen molar-refractivity contribution in [2.24, 2.45) is 0 Å². The van der Waals surface area contributed by atoms with Crippen molar-refractivity contribution in [1.82, 2.24) is 15.0 Å². The molecule has 0 aliphatic carbocycles. The predicted molar refractivity (Wildman–Crippen MR) is 81.0 cm³/mol. The summed E-state index contributed by atoms with van der Waals surface area (Å²) in [6.45, 7) is 7.12. The van der Waals surface area contributed by atoms with Gasteiger partial charge in [-0.05, 0) is 44.9 Å². The number of carbonyl (C=O) groups excluding carboxylic acids is 1. The summed E-state index contributed by atoms with van der Waals surface area (Å²) in [7, 11) is 0. The number of carboxylic acid groups (broad SMARTS) is 1. The Bertz CT molecular complexity index is 736. The van der Waals surface area contributed by atoms with E-state index in [9.17, 15) is 9.59 Å². The van der Waals surface area contributed by atoms with Gasteiger partial charge in [0.2, 0.25) is 5.91 Å². The van der Waals surface area contributed by atoms with Crippen LogP contribution in [-0.4, -0.2) is 32.0 Å². The van der Waals surface area contributed by atoms with E-state index in [-0.39, 0.29) is 11.6 Å².